The van der Waals surface area contributed by atoms with Crippen LogP contribution in [0.4, 0.5) is 28.7 Å². The lowest BCUT2D eigenvalue weighted by Crippen LogP contribution is -2.42. The molecule has 1 fully saturated rings. The van der Waals surface area contributed by atoms with Crippen LogP contribution in [0.25, 0.3) is 11.0 Å². The van der Waals surface area contributed by atoms with E-state index in [-0.39, 0.29) is 29.8 Å². The second-order valence-corrected chi connectivity index (χ2v) is 10.8. The molecule has 5 rings (SSSR count). The molecule has 1 aliphatic heterocycles. The predicted octanol–water partition coefficient (Wildman–Crippen LogP) is 5.14. The third-order valence-electron chi connectivity index (χ3n) is 7.16. The minimum absolute atomic E-state index is 0.0504. The van der Waals surface area contributed by atoms with Crippen molar-refractivity contribution in [2.45, 2.75) is 32.2 Å². The van der Waals surface area contributed by atoms with E-state index in [1.54, 1.807) is 74.9 Å². The first-order valence-electron chi connectivity index (χ1n) is 13.6. The number of methoxy groups -OCH3 is 2. The number of aromatic nitrogens is 2. The van der Waals surface area contributed by atoms with Crippen molar-refractivity contribution >= 4 is 56.9 Å². The largest absolute Gasteiger partial charge is 0.755 e. The molecular weight excluding hydrogens is 556 g/mol. The van der Waals surface area contributed by atoms with Gasteiger partial charge in [-0.1, -0.05) is 24.6 Å². The molecule has 3 aromatic carbocycles. The number of nitrogens with zero attached hydrogens (tertiary/aromatic N) is 4. The number of carbonyl (C=O) groups is 1. The van der Waals surface area contributed by atoms with Crippen molar-refractivity contribution in [1.29, 1.82) is 0 Å². The molecule has 2 N–H and O–H groups in total. The zero-order chi connectivity index (χ0) is 29.6. The number of rotatable bonds is 10. The highest BCUT2D eigenvalue weighted by Crippen LogP contribution is 2.36. The number of nitrogens with one attached hydrogen (secondary N) is 2. The van der Waals surface area contributed by atoms with Gasteiger partial charge in [0.25, 0.3) is 0 Å². The molecule has 12 heteroatoms. The number of ether oxygens (including phenoxy) is 2. The summed E-state index contributed by atoms with van der Waals surface area (Å²) in [6, 6.07) is 19.4. The van der Waals surface area contributed by atoms with Crippen LogP contribution in [0.15, 0.2) is 66.7 Å². The summed E-state index contributed by atoms with van der Waals surface area (Å²) >= 11 is -2.79. The van der Waals surface area contributed by atoms with Crippen molar-refractivity contribution in [3.8, 4) is 11.5 Å². The summed E-state index contributed by atoms with van der Waals surface area (Å²) in [7, 11) is 3.09. The molecule has 0 bridgehead atoms. The lowest BCUT2D eigenvalue weighted by molar-refractivity contribution is -0.118. The molecule has 11 nitrogen and oxygen atoms in total. The molecule has 1 saturated heterocycles. The second kappa shape index (κ2) is 13.1. The number of amides is 1. The summed E-state index contributed by atoms with van der Waals surface area (Å²) in [5.74, 6) is 1.17. The molecule has 0 saturated carbocycles. The van der Waals surface area contributed by atoms with E-state index in [0.717, 1.165) is 23.7 Å². The number of hydrogen-bond acceptors (Lipinski definition) is 9. The summed E-state index contributed by atoms with van der Waals surface area (Å²) in [5, 5.41) is 6.11. The Morgan fingerprint density at radius 2 is 1.71 bits per heavy atom. The quantitative estimate of drug-likeness (QED) is 0.242. The van der Waals surface area contributed by atoms with Gasteiger partial charge in [-0.15, -0.1) is 0 Å². The van der Waals surface area contributed by atoms with Crippen molar-refractivity contribution < 1.29 is 23.0 Å². The van der Waals surface area contributed by atoms with E-state index in [4.69, 9.17) is 14.5 Å². The van der Waals surface area contributed by atoms with Gasteiger partial charge in [-0.05, 0) is 56.6 Å². The average molecular weight is 590 g/mol. The van der Waals surface area contributed by atoms with Gasteiger partial charge in [-0.3, -0.25) is 18.2 Å². The molecule has 2 atom stereocenters. The first-order valence-corrected chi connectivity index (χ1v) is 14.7. The Kier molecular flexibility index (Phi) is 9.15. The van der Waals surface area contributed by atoms with Crippen molar-refractivity contribution in [3.63, 3.8) is 0 Å². The number of carbonyl (C=O) groups excluding carboxylic acids is 1. The lowest BCUT2D eigenvalue weighted by Gasteiger charge is -2.32. The Morgan fingerprint density at radius 1 is 1.00 bits per heavy atom. The van der Waals surface area contributed by atoms with E-state index in [1.807, 2.05) is 6.07 Å². The van der Waals surface area contributed by atoms with E-state index in [0.29, 0.717) is 39.9 Å². The average Bonchev–Trinajstić information content (AvgIpc) is 2.98. The molecule has 220 valence electrons. The number of anilines is 5. The smallest absolute Gasteiger partial charge is 0.238 e. The van der Waals surface area contributed by atoms with E-state index in [9.17, 15) is 13.6 Å². The minimum atomic E-state index is -2.79. The van der Waals surface area contributed by atoms with Gasteiger partial charge in [0.1, 0.15) is 11.5 Å². The van der Waals surface area contributed by atoms with Gasteiger partial charge >= 0.3 is 0 Å². The van der Waals surface area contributed by atoms with Gasteiger partial charge in [0, 0.05) is 35.6 Å². The molecule has 0 spiro atoms. The summed E-state index contributed by atoms with van der Waals surface area (Å²) < 4.78 is 37.4. The number of para-hydroxylation sites is 2. The highest BCUT2D eigenvalue weighted by molar-refractivity contribution is 7.81. The van der Waals surface area contributed by atoms with Gasteiger partial charge in [0.15, 0.2) is 11.6 Å². The van der Waals surface area contributed by atoms with Crippen molar-refractivity contribution in [1.82, 2.24) is 14.9 Å². The summed E-state index contributed by atoms with van der Waals surface area (Å²) in [6.07, 6.45) is 3.31. The number of hydrogen-bond donors (Lipinski definition) is 2. The zero-order valence-electron chi connectivity index (χ0n) is 23.7. The molecule has 42 heavy (non-hydrogen) atoms. The van der Waals surface area contributed by atoms with E-state index in [1.165, 1.54) is 6.42 Å². The fourth-order valence-electron chi connectivity index (χ4n) is 5.00. The van der Waals surface area contributed by atoms with Crippen molar-refractivity contribution in [2.24, 2.45) is 0 Å². The molecular formula is C30H33N6O5S-. The SMILES string of the molecule is COc1cc(Nc2nc3ccccc3nc2N(c2cccc(NC(=O)CN3CCCCC3C)c2)S(=O)[O-])cc(OC)c1. The monoisotopic (exact) mass is 589 g/mol. The topological polar surface area (TPSA) is 132 Å². The fraction of sp³-hybridized carbons (Fsp3) is 0.300. The number of likely N-dealkylation sites (tertiary alicyclic amines) is 1. The number of piperidine rings is 1. The van der Waals surface area contributed by atoms with Crippen LogP contribution in [0.2, 0.25) is 0 Å². The van der Waals surface area contributed by atoms with E-state index in [2.05, 4.69) is 27.4 Å². The van der Waals surface area contributed by atoms with E-state index < -0.39 is 11.3 Å². The summed E-state index contributed by atoms with van der Waals surface area (Å²) in [4.78, 5) is 24.4. The van der Waals surface area contributed by atoms with Gasteiger partial charge < -0.3 is 24.7 Å². The van der Waals surface area contributed by atoms with Crippen LogP contribution < -0.4 is 24.4 Å². The second-order valence-electron chi connectivity index (χ2n) is 10.0. The van der Waals surface area contributed by atoms with Gasteiger partial charge in [-0.25, -0.2) is 9.97 Å². The molecule has 2 unspecified atom stereocenters. The Hall–Kier alpha value is -4.26. The zero-order valence-corrected chi connectivity index (χ0v) is 24.5. The van der Waals surface area contributed by atoms with Crippen LogP contribution in [0.5, 0.6) is 11.5 Å². The van der Waals surface area contributed by atoms with E-state index >= 15 is 0 Å². The number of benzene rings is 3. The minimum Gasteiger partial charge on any atom is -0.755 e. The van der Waals surface area contributed by atoms with Crippen LogP contribution in [0.1, 0.15) is 26.2 Å². The van der Waals surface area contributed by atoms with Crippen LogP contribution >= 0.6 is 0 Å². The maximum absolute atomic E-state index is 12.9. The fourth-order valence-corrected chi connectivity index (χ4v) is 5.55. The summed E-state index contributed by atoms with van der Waals surface area (Å²) in [6.45, 7) is 3.29. The molecule has 1 aliphatic rings. The molecule has 2 heterocycles. The standard InChI is InChI=1S/C30H34N6O5S/c1-20-9-6-7-14-35(20)19-28(37)31-21-10-8-11-23(15-21)36(42(38)39)30-29(33-26-12-4-5-13-27(26)34-30)32-22-16-24(40-2)18-25(17-22)41-3/h4-5,8,10-13,15-18,20H,6-7,9,14,19H2,1-3H3,(H,31,37)(H,32,33)(H,38,39)/p-1. The predicted molar refractivity (Wildman–Crippen MR) is 163 cm³/mol. The van der Waals surface area contributed by atoms with Crippen molar-refractivity contribution in [2.75, 3.05) is 42.2 Å². The van der Waals surface area contributed by atoms with Crippen LogP contribution in [0, 0.1) is 0 Å². The molecule has 4 aromatic rings. The number of fused-ring (bicyclic) bond motifs is 1. The van der Waals surface area contributed by atoms with Gasteiger partial charge in [-0.2, -0.15) is 0 Å². The molecule has 0 radical (unpaired) electrons. The Labute approximate surface area is 247 Å². The highest BCUT2D eigenvalue weighted by Gasteiger charge is 2.22. The Balaban J connectivity index is 1.50. The van der Waals surface area contributed by atoms with Gasteiger partial charge in [0.05, 0.1) is 48.8 Å². The van der Waals surface area contributed by atoms with Crippen LogP contribution in [-0.2, 0) is 16.1 Å². The van der Waals surface area contributed by atoms with Gasteiger partial charge in [0.2, 0.25) is 5.91 Å². The maximum Gasteiger partial charge on any atom is 0.238 e. The first kappa shape index (κ1) is 29.2. The lowest BCUT2D eigenvalue weighted by atomic mass is 10.0. The summed E-state index contributed by atoms with van der Waals surface area (Å²) in [5.41, 5.74) is 2.39. The Bertz CT molecular complexity index is 1580. The first-order chi connectivity index (χ1) is 20.3. The Morgan fingerprint density at radius 3 is 2.38 bits per heavy atom. The normalized spacial score (nSPS) is 16.0. The van der Waals surface area contributed by atoms with Crippen molar-refractivity contribution in [3.05, 3.63) is 66.7 Å². The van der Waals surface area contributed by atoms with Crippen LogP contribution in [0.3, 0.4) is 0 Å². The third kappa shape index (κ3) is 6.78. The molecule has 0 aliphatic carbocycles. The maximum atomic E-state index is 12.9. The van der Waals surface area contributed by atoms with Crippen LogP contribution in [-0.4, -0.2) is 62.9 Å². The molecule has 1 amide bonds. The third-order valence-corrected chi connectivity index (χ3v) is 7.84. The highest BCUT2D eigenvalue weighted by atomic mass is 32.2. The molecule has 1 aromatic heterocycles.